The molecule has 0 aromatic heterocycles. The van der Waals surface area contributed by atoms with Gasteiger partial charge in [0.05, 0.1) is 5.69 Å². The van der Waals surface area contributed by atoms with Gasteiger partial charge in [0.25, 0.3) is 5.91 Å². The number of rotatable bonds is 4. The molecule has 2 aromatic carbocycles. The number of amides is 2. The zero-order valence-electron chi connectivity index (χ0n) is 15.0. The van der Waals surface area contributed by atoms with Crippen molar-refractivity contribution in [2.45, 2.75) is 32.8 Å². The normalized spacial score (nSPS) is 16.3. The number of halogens is 1. The third-order valence-corrected chi connectivity index (χ3v) is 4.52. The van der Waals surface area contributed by atoms with Crippen molar-refractivity contribution < 1.29 is 14.3 Å². The Balaban J connectivity index is 1.83. The van der Waals surface area contributed by atoms with E-state index in [1.165, 1.54) is 4.90 Å². The highest BCUT2D eigenvalue weighted by Gasteiger charge is 2.33. The van der Waals surface area contributed by atoms with E-state index in [-0.39, 0.29) is 24.3 Å². The molecule has 0 saturated heterocycles. The van der Waals surface area contributed by atoms with Crippen molar-refractivity contribution in [1.29, 1.82) is 0 Å². The lowest BCUT2D eigenvalue weighted by Gasteiger charge is -2.32. The number of anilines is 2. The van der Waals surface area contributed by atoms with Crippen LogP contribution in [0, 0.1) is 0 Å². The average Bonchev–Trinajstić information content (AvgIpc) is 2.60. The Morgan fingerprint density at radius 1 is 1.27 bits per heavy atom. The minimum Gasteiger partial charge on any atom is -0.479 e. The van der Waals surface area contributed by atoms with E-state index in [9.17, 15) is 9.59 Å². The Bertz CT molecular complexity index is 851. The number of para-hydroxylation sites is 1. The first-order valence-electron chi connectivity index (χ1n) is 8.53. The highest BCUT2D eigenvalue weighted by molar-refractivity contribution is 6.31. The van der Waals surface area contributed by atoms with Crippen LogP contribution < -0.4 is 15.0 Å². The number of benzene rings is 2. The van der Waals surface area contributed by atoms with Gasteiger partial charge < -0.3 is 10.1 Å². The molecular formula is C20H21ClN2O3. The molecule has 0 saturated carbocycles. The first kappa shape index (κ1) is 18.3. The van der Waals surface area contributed by atoms with E-state index in [4.69, 9.17) is 16.3 Å². The Labute approximate surface area is 157 Å². The minimum atomic E-state index is -0.653. The van der Waals surface area contributed by atoms with Gasteiger partial charge in [-0.05, 0) is 42.7 Å². The molecule has 0 aliphatic carbocycles. The molecule has 1 heterocycles. The van der Waals surface area contributed by atoms with Gasteiger partial charge in [0.15, 0.2) is 6.10 Å². The van der Waals surface area contributed by atoms with E-state index in [2.05, 4.69) is 19.2 Å². The number of hydrogen-bond acceptors (Lipinski definition) is 3. The zero-order valence-corrected chi connectivity index (χ0v) is 15.7. The molecule has 1 N–H and O–H groups in total. The van der Waals surface area contributed by atoms with Crippen molar-refractivity contribution >= 4 is 34.8 Å². The summed E-state index contributed by atoms with van der Waals surface area (Å²) in [7, 11) is 0. The number of nitrogens with one attached hydrogen (secondary N) is 1. The van der Waals surface area contributed by atoms with Crippen LogP contribution in [0.3, 0.4) is 0 Å². The lowest BCUT2D eigenvalue weighted by molar-refractivity contribution is -0.127. The summed E-state index contributed by atoms with van der Waals surface area (Å²) in [5.74, 6) is 0.270. The van der Waals surface area contributed by atoms with Gasteiger partial charge in [-0.3, -0.25) is 14.5 Å². The van der Waals surface area contributed by atoms with E-state index in [0.717, 1.165) is 11.3 Å². The third-order valence-electron chi connectivity index (χ3n) is 4.29. The standard InChI is InChI=1S/C20H21ClN2O3/c1-12(2)15-6-4-5-7-16(15)22-19(24)11-23-17-10-14(21)8-9-18(17)26-13(3)20(23)25/h4-10,12-13H,11H2,1-3H3,(H,22,24). The molecule has 1 aliphatic heterocycles. The molecule has 5 nitrogen and oxygen atoms in total. The lowest BCUT2D eigenvalue weighted by atomic mass is 10.0. The highest BCUT2D eigenvalue weighted by atomic mass is 35.5. The third kappa shape index (κ3) is 3.68. The maximum Gasteiger partial charge on any atom is 0.268 e. The molecule has 0 bridgehead atoms. The van der Waals surface area contributed by atoms with Gasteiger partial charge in [0.1, 0.15) is 12.3 Å². The second kappa shape index (κ2) is 7.38. The van der Waals surface area contributed by atoms with E-state index in [1.807, 2.05) is 24.3 Å². The van der Waals surface area contributed by atoms with Crippen molar-refractivity contribution in [3.8, 4) is 5.75 Å². The molecule has 2 aromatic rings. The molecule has 1 aliphatic rings. The average molecular weight is 373 g/mol. The summed E-state index contributed by atoms with van der Waals surface area (Å²) >= 11 is 6.05. The molecule has 0 fully saturated rings. The number of fused-ring (bicyclic) bond motifs is 1. The van der Waals surface area contributed by atoms with Crippen LogP contribution in [0.25, 0.3) is 0 Å². The van der Waals surface area contributed by atoms with Crippen molar-refractivity contribution in [1.82, 2.24) is 0 Å². The maximum atomic E-state index is 12.6. The topological polar surface area (TPSA) is 58.6 Å². The predicted molar refractivity (Wildman–Crippen MR) is 103 cm³/mol. The molecular weight excluding hydrogens is 352 g/mol. The second-order valence-corrected chi connectivity index (χ2v) is 7.02. The van der Waals surface area contributed by atoms with Crippen LogP contribution in [0.4, 0.5) is 11.4 Å². The number of ether oxygens (including phenoxy) is 1. The van der Waals surface area contributed by atoms with Crippen LogP contribution in [0.2, 0.25) is 5.02 Å². The Hall–Kier alpha value is -2.53. The van der Waals surface area contributed by atoms with Gasteiger partial charge >= 0.3 is 0 Å². The summed E-state index contributed by atoms with van der Waals surface area (Å²) in [4.78, 5) is 26.6. The van der Waals surface area contributed by atoms with E-state index < -0.39 is 6.10 Å². The SMILES string of the molecule is CC1Oc2ccc(Cl)cc2N(CC(=O)Nc2ccccc2C(C)C)C1=O. The molecule has 2 amide bonds. The van der Waals surface area contributed by atoms with Crippen molar-refractivity contribution in [3.63, 3.8) is 0 Å². The Morgan fingerprint density at radius 2 is 2.00 bits per heavy atom. The number of carbonyl (C=O) groups is 2. The smallest absolute Gasteiger partial charge is 0.268 e. The number of nitrogens with zero attached hydrogens (tertiary/aromatic N) is 1. The van der Waals surface area contributed by atoms with Gasteiger partial charge in [-0.2, -0.15) is 0 Å². The monoisotopic (exact) mass is 372 g/mol. The van der Waals surface area contributed by atoms with E-state index >= 15 is 0 Å². The quantitative estimate of drug-likeness (QED) is 0.874. The molecule has 0 spiro atoms. The summed E-state index contributed by atoms with van der Waals surface area (Å²) in [5, 5.41) is 3.39. The molecule has 6 heteroatoms. The summed E-state index contributed by atoms with van der Waals surface area (Å²) in [6, 6.07) is 12.7. The fraction of sp³-hybridized carbons (Fsp3) is 0.300. The summed E-state index contributed by atoms with van der Waals surface area (Å²) in [6.07, 6.45) is -0.653. The molecule has 1 unspecified atom stereocenters. The van der Waals surface area contributed by atoms with Gasteiger partial charge in [0.2, 0.25) is 5.91 Å². The Kier molecular flexibility index (Phi) is 5.18. The van der Waals surface area contributed by atoms with Crippen molar-refractivity contribution in [2.75, 3.05) is 16.8 Å². The summed E-state index contributed by atoms with van der Waals surface area (Å²) in [6.45, 7) is 5.69. The van der Waals surface area contributed by atoms with Crippen LogP contribution in [0.15, 0.2) is 42.5 Å². The van der Waals surface area contributed by atoms with E-state index in [0.29, 0.717) is 16.5 Å². The fourth-order valence-corrected chi connectivity index (χ4v) is 3.16. The zero-order chi connectivity index (χ0) is 18.8. The highest BCUT2D eigenvalue weighted by Crippen LogP contribution is 2.36. The van der Waals surface area contributed by atoms with Crippen LogP contribution in [0.1, 0.15) is 32.3 Å². The summed E-state index contributed by atoms with van der Waals surface area (Å²) < 4.78 is 5.60. The molecule has 26 heavy (non-hydrogen) atoms. The van der Waals surface area contributed by atoms with Gasteiger partial charge in [0, 0.05) is 10.7 Å². The van der Waals surface area contributed by atoms with Gasteiger partial charge in [-0.1, -0.05) is 43.6 Å². The number of hydrogen-bond donors (Lipinski definition) is 1. The predicted octanol–water partition coefficient (Wildman–Crippen LogP) is 4.22. The minimum absolute atomic E-state index is 0.105. The second-order valence-electron chi connectivity index (χ2n) is 6.59. The first-order chi connectivity index (χ1) is 12.4. The fourth-order valence-electron chi connectivity index (χ4n) is 2.99. The van der Waals surface area contributed by atoms with Crippen molar-refractivity contribution in [2.24, 2.45) is 0 Å². The molecule has 3 rings (SSSR count). The first-order valence-corrected chi connectivity index (χ1v) is 8.91. The van der Waals surface area contributed by atoms with E-state index in [1.54, 1.807) is 25.1 Å². The summed E-state index contributed by atoms with van der Waals surface area (Å²) in [5.41, 5.74) is 2.31. The lowest BCUT2D eigenvalue weighted by Crippen LogP contribution is -2.47. The van der Waals surface area contributed by atoms with Crippen LogP contribution in [0.5, 0.6) is 5.75 Å². The van der Waals surface area contributed by atoms with Crippen LogP contribution in [-0.2, 0) is 9.59 Å². The Morgan fingerprint density at radius 3 is 2.73 bits per heavy atom. The largest absolute Gasteiger partial charge is 0.479 e. The van der Waals surface area contributed by atoms with Gasteiger partial charge in [-0.25, -0.2) is 0 Å². The van der Waals surface area contributed by atoms with Crippen molar-refractivity contribution in [3.05, 3.63) is 53.1 Å². The molecule has 0 radical (unpaired) electrons. The maximum absolute atomic E-state index is 12.6. The molecule has 1 atom stereocenters. The number of carbonyl (C=O) groups excluding carboxylic acids is 2. The van der Waals surface area contributed by atoms with Crippen LogP contribution >= 0.6 is 11.6 Å². The van der Waals surface area contributed by atoms with Crippen LogP contribution in [-0.4, -0.2) is 24.5 Å². The molecule has 136 valence electrons. The van der Waals surface area contributed by atoms with Gasteiger partial charge in [-0.15, -0.1) is 0 Å².